The van der Waals surface area contributed by atoms with Gasteiger partial charge in [0.15, 0.2) is 5.16 Å². The maximum absolute atomic E-state index is 12.0. The van der Waals surface area contributed by atoms with Crippen molar-refractivity contribution in [2.75, 3.05) is 13.4 Å². The van der Waals surface area contributed by atoms with Gasteiger partial charge in [0.2, 0.25) is 0 Å². The van der Waals surface area contributed by atoms with Gasteiger partial charge in [-0.2, -0.15) is 5.26 Å². The van der Waals surface area contributed by atoms with Gasteiger partial charge in [0, 0.05) is 5.02 Å². The molecule has 0 spiro atoms. The molecule has 108 valence electrons. The van der Waals surface area contributed by atoms with Gasteiger partial charge in [0.1, 0.15) is 23.1 Å². The van der Waals surface area contributed by atoms with Crippen molar-refractivity contribution in [2.24, 2.45) is 0 Å². The van der Waals surface area contributed by atoms with Crippen LogP contribution < -0.4 is 10.3 Å². The predicted octanol–water partition coefficient (Wildman–Crippen LogP) is 3.35. The Labute approximate surface area is 134 Å². The van der Waals surface area contributed by atoms with E-state index in [0.717, 1.165) is 0 Å². The fourth-order valence-electron chi connectivity index (χ4n) is 1.77. The lowest BCUT2D eigenvalue weighted by molar-refractivity contribution is 0.416. The first kappa shape index (κ1) is 15.7. The monoisotopic (exact) mass is 341 g/mol. The smallest absolute Gasteiger partial charge is 0.270 e. The Morgan fingerprint density at radius 1 is 1.43 bits per heavy atom. The van der Waals surface area contributed by atoms with Gasteiger partial charge in [-0.15, -0.1) is 0 Å². The van der Waals surface area contributed by atoms with Crippen molar-refractivity contribution in [3.8, 4) is 23.1 Å². The molecule has 0 saturated heterocycles. The number of benzene rings is 1. The van der Waals surface area contributed by atoms with Gasteiger partial charge in [0.05, 0.1) is 17.7 Å². The molecular weight excluding hydrogens is 333 g/mol. The van der Waals surface area contributed by atoms with Crippen LogP contribution in [0.25, 0.3) is 11.3 Å². The van der Waals surface area contributed by atoms with Crippen molar-refractivity contribution >= 4 is 35.0 Å². The summed E-state index contributed by atoms with van der Waals surface area (Å²) in [5.41, 5.74) is -0.124. The van der Waals surface area contributed by atoms with E-state index in [0.29, 0.717) is 21.5 Å². The van der Waals surface area contributed by atoms with E-state index < -0.39 is 5.56 Å². The number of nitrogens with one attached hydrogen (secondary N) is 1. The average Bonchev–Trinajstić information content (AvgIpc) is 2.45. The van der Waals surface area contributed by atoms with E-state index in [1.165, 1.54) is 24.9 Å². The first-order valence-electron chi connectivity index (χ1n) is 5.63. The maximum Gasteiger partial charge on any atom is 0.270 e. The van der Waals surface area contributed by atoms with Crippen molar-refractivity contribution in [1.29, 1.82) is 5.26 Å². The van der Waals surface area contributed by atoms with Crippen LogP contribution in [0.3, 0.4) is 0 Å². The van der Waals surface area contributed by atoms with Crippen molar-refractivity contribution in [2.45, 2.75) is 5.16 Å². The summed E-state index contributed by atoms with van der Waals surface area (Å²) in [4.78, 5) is 18.7. The lowest BCUT2D eigenvalue weighted by atomic mass is 10.1. The van der Waals surface area contributed by atoms with Gasteiger partial charge >= 0.3 is 0 Å². The Hall–Kier alpha value is -1.68. The van der Waals surface area contributed by atoms with Crippen LogP contribution in [-0.2, 0) is 0 Å². The summed E-state index contributed by atoms with van der Waals surface area (Å²) in [6.07, 6.45) is 1.76. The minimum atomic E-state index is -0.528. The number of H-pyrrole nitrogens is 1. The van der Waals surface area contributed by atoms with Gasteiger partial charge in [-0.25, -0.2) is 4.98 Å². The van der Waals surface area contributed by atoms with Crippen LogP contribution in [0.2, 0.25) is 10.0 Å². The van der Waals surface area contributed by atoms with E-state index in [4.69, 9.17) is 27.9 Å². The molecule has 0 amide bonds. The number of ether oxygens (including phenoxy) is 1. The van der Waals surface area contributed by atoms with E-state index in [1.807, 2.05) is 6.07 Å². The third-order valence-electron chi connectivity index (χ3n) is 2.68. The number of methoxy groups -OCH3 is 1. The van der Waals surface area contributed by atoms with Crippen molar-refractivity contribution in [1.82, 2.24) is 9.97 Å². The number of nitriles is 1. The second-order valence-electron chi connectivity index (χ2n) is 3.88. The molecule has 21 heavy (non-hydrogen) atoms. The van der Waals surface area contributed by atoms with Gasteiger partial charge in [-0.05, 0) is 18.4 Å². The third-order valence-corrected chi connectivity index (χ3v) is 3.77. The molecule has 8 heteroatoms. The summed E-state index contributed by atoms with van der Waals surface area (Å²) in [6.45, 7) is 0. The van der Waals surface area contributed by atoms with Crippen molar-refractivity contribution < 1.29 is 4.74 Å². The largest absolute Gasteiger partial charge is 0.496 e. The number of halogens is 2. The zero-order valence-electron chi connectivity index (χ0n) is 11.0. The fourth-order valence-corrected chi connectivity index (χ4v) is 2.72. The number of hydrogen-bond acceptors (Lipinski definition) is 5. The SMILES string of the molecule is COc1cc(Cl)cc(Cl)c1-c1nc(SC)[nH]c(=O)c1C#N. The molecule has 1 N–H and O–H groups in total. The third kappa shape index (κ3) is 3.00. The molecule has 0 aliphatic heterocycles. The average molecular weight is 342 g/mol. The standard InChI is InChI=1S/C13H9Cl2N3O2S/c1-20-9-4-6(14)3-8(15)10(9)11-7(5-16)12(19)18-13(17-11)21-2/h3-4H,1-2H3,(H,17,18,19). The molecule has 5 nitrogen and oxygen atoms in total. The van der Waals surface area contributed by atoms with Gasteiger partial charge in [-0.1, -0.05) is 35.0 Å². The van der Waals surface area contributed by atoms with Crippen LogP contribution in [0.1, 0.15) is 5.56 Å². The summed E-state index contributed by atoms with van der Waals surface area (Å²) >= 11 is 13.4. The molecular formula is C13H9Cl2N3O2S. The van der Waals surface area contributed by atoms with E-state index in [-0.39, 0.29) is 16.3 Å². The second kappa shape index (κ2) is 6.39. The van der Waals surface area contributed by atoms with Gasteiger partial charge < -0.3 is 9.72 Å². The van der Waals surface area contributed by atoms with Crippen molar-refractivity contribution in [3.05, 3.63) is 38.1 Å². The van der Waals surface area contributed by atoms with E-state index in [1.54, 1.807) is 12.3 Å². The molecule has 0 saturated carbocycles. The van der Waals surface area contributed by atoms with Crippen LogP contribution in [0.4, 0.5) is 0 Å². The highest BCUT2D eigenvalue weighted by atomic mass is 35.5. The zero-order valence-corrected chi connectivity index (χ0v) is 13.4. The highest BCUT2D eigenvalue weighted by Crippen LogP contribution is 2.39. The number of aromatic amines is 1. The Bertz CT molecular complexity index is 799. The summed E-state index contributed by atoms with van der Waals surface area (Å²) in [5.74, 6) is 0.342. The van der Waals surface area contributed by atoms with Crippen LogP contribution in [-0.4, -0.2) is 23.3 Å². The predicted molar refractivity (Wildman–Crippen MR) is 83.4 cm³/mol. The van der Waals surface area contributed by atoms with E-state index in [2.05, 4.69) is 9.97 Å². The molecule has 1 aromatic heterocycles. The molecule has 0 unspecified atom stereocenters. The summed E-state index contributed by atoms with van der Waals surface area (Å²) in [5, 5.41) is 10.2. The fraction of sp³-hybridized carbons (Fsp3) is 0.154. The van der Waals surface area contributed by atoms with Crippen LogP contribution in [0, 0.1) is 11.3 Å². The Morgan fingerprint density at radius 3 is 2.71 bits per heavy atom. The molecule has 0 bridgehead atoms. The minimum absolute atomic E-state index is 0.129. The minimum Gasteiger partial charge on any atom is -0.496 e. The van der Waals surface area contributed by atoms with Crippen molar-refractivity contribution in [3.63, 3.8) is 0 Å². The molecule has 1 aromatic carbocycles. The number of nitrogens with zero attached hydrogens (tertiary/aromatic N) is 2. The normalized spacial score (nSPS) is 10.2. The van der Waals surface area contributed by atoms with Crippen LogP contribution in [0.15, 0.2) is 22.1 Å². The quantitative estimate of drug-likeness (QED) is 0.684. The number of rotatable bonds is 3. The first-order valence-corrected chi connectivity index (χ1v) is 7.61. The molecule has 0 atom stereocenters. The highest BCUT2D eigenvalue weighted by molar-refractivity contribution is 7.98. The molecule has 0 radical (unpaired) electrons. The van der Waals surface area contributed by atoms with E-state index >= 15 is 0 Å². The molecule has 0 aliphatic carbocycles. The number of hydrogen-bond donors (Lipinski definition) is 1. The Balaban J connectivity index is 2.87. The molecule has 0 aliphatic rings. The second-order valence-corrected chi connectivity index (χ2v) is 5.51. The molecule has 2 rings (SSSR count). The molecule has 0 fully saturated rings. The molecule has 2 aromatic rings. The highest BCUT2D eigenvalue weighted by Gasteiger charge is 2.20. The maximum atomic E-state index is 12.0. The number of thioether (sulfide) groups is 1. The lowest BCUT2D eigenvalue weighted by Crippen LogP contribution is -2.15. The summed E-state index contributed by atoms with van der Waals surface area (Å²) in [7, 11) is 1.44. The first-order chi connectivity index (χ1) is 10.0. The molecule has 1 heterocycles. The zero-order chi connectivity index (χ0) is 15.6. The number of aromatic nitrogens is 2. The summed E-state index contributed by atoms with van der Waals surface area (Å²) in [6, 6.07) is 4.90. The summed E-state index contributed by atoms with van der Waals surface area (Å²) < 4.78 is 5.24. The Morgan fingerprint density at radius 2 is 2.14 bits per heavy atom. The topological polar surface area (TPSA) is 78.8 Å². The lowest BCUT2D eigenvalue weighted by Gasteiger charge is -2.12. The van der Waals surface area contributed by atoms with Gasteiger partial charge in [-0.3, -0.25) is 4.79 Å². The van der Waals surface area contributed by atoms with Crippen LogP contribution in [0.5, 0.6) is 5.75 Å². The Kier molecular flexibility index (Phi) is 4.78. The van der Waals surface area contributed by atoms with E-state index in [9.17, 15) is 10.1 Å². The van der Waals surface area contributed by atoms with Gasteiger partial charge in [0.25, 0.3) is 5.56 Å². The van der Waals surface area contributed by atoms with Crippen LogP contribution >= 0.6 is 35.0 Å².